The van der Waals surface area contributed by atoms with Gasteiger partial charge in [-0.1, -0.05) is 41.9 Å². The Labute approximate surface area is 132 Å². The Bertz CT molecular complexity index is 619. The largest absolute Gasteiger partial charge is 0.348 e. The highest BCUT2D eigenvalue weighted by Crippen LogP contribution is 2.15. The van der Waals surface area contributed by atoms with Crippen molar-refractivity contribution in [1.29, 1.82) is 0 Å². The van der Waals surface area contributed by atoms with E-state index in [0.29, 0.717) is 11.4 Å². The van der Waals surface area contributed by atoms with Gasteiger partial charge in [-0.15, -0.1) is 11.6 Å². The lowest BCUT2D eigenvalue weighted by Gasteiger charge is -2.16. The van der Waals surface area contributed by atoms with Crippen LogP contribution in [0.2, 0.25) is 5.02 Å². The predicted molar refractivity (Wildman–Crippen MR) is 83.5 cm³/mol. The van der Waals surface area contributed by atoms with Gasteiger partial charge < -0.3 is 5.32 Å². The zero-order valence-electron chi connectivity index (χ0n) is 11.2. The van der Waals surface area contributed by atoms with Crippen LogP contribution in [-0.2, 0) is 6.42 Å². The van der Waals surface area contributed by atoms with E-state index in [9.17, 15) is 9.18 Å². The van der Waals surface area contributed by atoms with E-state index in [-0.39, 0.29) is 17.5 Å². The second-order valence-corrected chi connectivity index (χ2v) is 5.38. The zero-order valence-corrected chi connectivity index (χ0v) is 12.7. The van der Waals surface area contributed by atoms with E-state index >= 15 is 0 Å². The van der Waals surface area contributed by atoms with E-state index in [1.165, 1.54) is 18.2 Å². The van der Waals surface area contributed by atoms with Gasteiger partial charge in [0.05, 0.1) is 5.56 Å². The van der Waals surface area contributed by atoms with Crippen LogP contribution in [0.1, 0.15) is 15.9 Å². The van der Waals surface area contributed by atoms with Gasteiger partial charge in [-0.2, -0.15) is 0 Å². The molecule has 0 aliphatic carbocycles. The maximum absolute atomic E-state index is 13.6. The van der Waals surface area contributed by atoms with Crippen LogP contribution >= 0.6 is 23.2 Å². The third-order valence-corrected chi connectivity index (χ3v) is 3.63. The van der Waals surface area contributed by atoms with E-state index in [0.717, 1.165) is 5.56 Å². The summed E-state index contributed by atoms with van der Waals surface area (Å²) in [6.45, 7) is 0. The van der Waals surface area contributed by atoms with E-state index < -0.39 is 11.7 Å². The van der Waals surface area contributed by atoms with E-state index in [1.807, 2.05) is 30.3 Å². The first-order valence-electron chi connectivity index (χ1n) is 6.46. The van der Waals surface area contributed by atoms with Crippen molar-refractivity contribution in [2.75, 3.05) is 5.88 Å². The standard InChI is InChI=1S/C16H14Cl2FNO/c17-10-13(8-11-4-2-1-3-5-11)20-16(21)14-9-12(18)6-7-15(14)19/h1-7,9,13H,8,10H2,(H,20,21). The normalized spacial score (nSPS) is 12.0. The number of benzene rings is 2. The Kier molecular flexibility index (Phi) is 5.59. The molecule has 0 saturated heterocycles. The van der Waals surface area contributed by atoms with Crippen molar-refractivity contribution in [3.63, 3.8) is 0 Å². The molecule has 2 rings (SSSR count). The van der Waals surface area contributed by atoms with Crippen LogP contribution in [0.5, 0.6) is 0 Å². The summed E-state index contributed by atoms with van der Waals surface area (Å²) in [6, 6.07) is 13.2. The molecule has 0 aliphatic rings. The molecule has 0 saturated carbocycles. The summed E-state index contributed by atoms with van der Waals surface area (Å²) < 4.78 is 13.6. The van der Waals surface area contributed by atoms with Crippen LogP contribution in [0.4, 0.5) is 4.39 Å². The summed E-state index contributed by atoms with van der Waals surface area (Å²) in [6.07, 6.45) is 0.582. The molecule has 2 nitrogen and oxygen atoms in total. The minimum Gasteiger partial charge on any atom is -0.348 e. The molecule has 1 unspecified atom stereocenters. The SMILES string of the molecule is O=C(NC(CCl)Cc1ccccc1)c1cc(Cl)ccc1F. The number of halogens is 3. The second-order valence-electron chi connectivity index (χ2n) is 4.64. The van der Waals surface area contributed by atoms with Crippen molar-refractivity contribution in [3.05, 3.63) is 70.5 Å². The number of hydrogen-bond donors (Lipinski definition) is 1. The quantitative estimate of drug-likeness (QED) is 0.825. The first-order chi connectivity index (χ1) is 10.1. The lowest BCUT2D eigenvalue weighted by Crippen LogP contribution is -2.38. The first kappa shape index (κ1) is 15.8. The molecule has 1 N–H and O–H groups in total. The number of hydrogen-bond acceptors (Lipinski definition) is 1. The van der Waals surface area contributed by atoms with Crippen LogP contribution in [0.15, 0.2) is 48.5 Å². The molecule has 0 fully saturated rings. The average molecular weight is 326 g/mol. The number of amides is 1. The smallest absolute Gasteiger partial charge is 0.254 e. The van der Waals surface area contributed by atoms with Crippen LogP contribution < -0.4 is 5.32 Å². The first-order valence-corrected chi connectivity index (χ1v) is 7.37. The van der Waals surface area contributed by atoms with Gasteiger partial charge in [0.2, 0.25) is 0 Å². The van der Waals surface area contributed by atoms with Gasteiger partial charge >= 0.3 is 0 Å². The summed E-state index contributed by atoms with van der Waals surface area (Å²) in [5, 5.41) is 3.04. The van der Waals surface area contributed by atoms with Gasteiger partial charge in [0.25, 0.3) is 5.91 Å². The van der Waals surface area contributed by atoms with Gasteiger partial charge in [0, 0.05) is 16.9 Å². The number of carbonyl (C=O) groups is 1. The minimum absolute atomic E-state index is 0.0781. The molecule has 0 aromatic heterocycles. The Morgan fingerprint density at radius 1 is 1.19 bits per heavy atom. The average Bonchev–Trinajstić information content (AvgIpc) is 2.50. The van der Waals surface area contributed by atoms with Gasteiger partial charge in [-0.25, -0.2) is 4.39 Å². The molecule has 110 valence electrons. The Morgan fingerprint density at radius 3 is 2.57 bits per heavy atom. The van der Waals surface area contributed by atoms with Crippen molar-refractivity contribution < 1.29 is 9.18 Å². The molecule has 1 amide bonds. The number of carbonyl (C=O) groups excluding carboxylic acids is 1. The fourth-order valence-electron chi connectivity index (χ4n) is 1.98. The molecule has 2 aromatic carbocycles. The highest BCUT2D eigenvalue weighted by Gasteiger charge is 2.17. The van der Waals surface area contributed by atoms with Crippen LogP contribution in [0, 0.1) is 5.82 Å². The fraction of sp³-hybridized carbons (Fsp3) is 0.188. The maximum atomic E-state index is 13.6. The van der Waals surface area contributed by atoms with Gasteiger partial charge in [-0.05, 0) is 30.2 Å². The van der Waals surface area contributed by atoms with Crippen molar-refractivity contribution in [2.24, 2.45) is 0 Å². The van der Waals surface area contributed by atoms with Crippen LogP contribution in [0.3, 0.4) is 0 Å². The molecule has 1 atom stereocenters. The summed E-state index contributed by atoms with van der Waals surface area (Å²) in [7, 11) is 0. The zero-order chi connectivity index (χ0) is 15.2. The molecule has 0 spiro atoms. The van der Waals surface area contributed by atoms with Crippen LogP contribution in [0.25, 0.3) is 0 Å². The summed E-state index contributed by atoms with van der Waals surface area (Å²) in [5.41, 5.74) is 0.973. The topological polar surface area (TPSA) is 29.1 Å². The molecule has 21 heavy (non-hydrogen) atoms. The molecular weight excluding hydrogens is 312 g/mol. The van der Waals surface area contributed by atoms with Crippen molar-refractivity contribution in [1.82, 2.24) is 5.32 Å². The van der Waals surface area contributed by atoms with E-state index in [4.69, 9.17) is 23.2 Å². The molecule has 0 radical (unpaired) electrons. The van der Waals surface area contributed by atoms with E-state index in [1.54, 1.807) is 0 Å². The molecule has 0 heterocycles. The number of rotatable bonds is 5. The summed E-state index contributed by atoms with van der Waals surface area (Å²) >= 11 is 11.7. The summed E-state index contributed by atoms with van der Waals surface area (Å²) in [5.74, 6) is -0.885. The Morgan fingerprint density at radius 2 is 1.90 bits per heavy atom. The molecule has 2 aromatic rings. The number of nitrogens with one attached hydrogen (secondary N) is 1. The maximum Gasteiger partial charge on any atom is 0.254 e. The lowest BCUT2D eigenvalue weighted by molar-refractivity contribution is 0.0936. The Hall–Kier alpha value is -1.58. The summed E-state index contributed by atoms with van der Waals surface area (Å²) in [4.78, 5) is 12.1. The predicted octanol–water partition coefficient (Wildman–Crippen LogP) is 4.06. The highest BCUT2D eigenvalue weighted by atomic mass is 35.5. The highest BCUT2D eigenvalue weighted by molar-refractivity contribution is 6.31. The lowest BCUT2D eigenvalue weighted by atomic mass is 10.1. The molecule has 0 aliphatic heterocycles. The second kappa shape index (κ2) is 7.43. The van der Waals surface area contributed by atoms with Crippen molar-refractivity contribution in [2.45, 2.75) is 12.5 Å². The van der Waals surface area contributed by atoms with Crippen molar-refractivity contribution >= 4 is 29.1 Å². The molecular formula is C16H14Cl2FNO. The van der Waals surface area contributed by atoms with Gasteiger partial charge in [0.1, 0.15) is 5.82 Å². The minimum atomic E-state index is -0.607. The Balaban J connectivity index is 2.07. The fourth-order valence-corrected chi connectivity index (χ4v) is 2.34. The van der Waals surface area contributed by atoms with Crippen molar-refractivity contribution in [3.8, 4) is 0 Å². The molecule has 0 bridgehead atoms. The third kappa shape index (κ3) is 4.45. The van der Waals surface area contributed by atoms with Gasteiger partial charge in [-0.3, -0.25) is 4.79 Å². The monoisotopic (exact) mass is 325 g/mol. The van der Waals surface area contributed by atoms with Gasteiger partial charge in [0.15, 0.2) is 0 Å². The van der Waals surface area contributed by atoms with Crippen LogP contribution in [-0.4, -0.2) is 17.8 Å². The third-order valence-electron chi connectivity index (χ3n) is 3.02. The number of alkyl halides is 1. The molecule has 5 heteroatoms. The van der Waals surface area contributed by atoms with E-state index in [2.05, 4.69) is 5.32 Å².